The largest absolute Gasteiger partial charge is 0.206 e. The van der Waals surface area contributed by atoms with E-state index in [0.717, 1.165) is 16.7 Å². The predicted octanol–water partition coefficient (Wildman–Crippen LogP) is 5.45. The van der Waals surface area contributed by atoms with E-state index in [1.807, 2.05) is 42.5 Å². The summed E-state index contributed by atoms with van der Waals surface area (Å²) in [5, 5.41) is 0. The van der Waals surface area contributed by atoms with E-state index in [9.17, 15) is 4.39 Å². The van der Waals surface area contributed by atoms with Gasteiger partial charge in [-0.25, -0.2) is 4.39 Å². The van der Waals surface area contributed by atoms with E-state index in [4.69, 9.17) is 0 Å². The zero-order chi connectivity index (χ0) is 13.9. The summed E-state index contributed by atoms with van der Waals surface area (Å²) in [4.78, 5) is 0.632. The van der Waals surface area contributed by atoms with Crippen LogP contribution in [0.1, 0.15) is 0 Å². The van der Waals surface area contributed by atoms with Gasteiger partial charge >= 0.3 is 0 Å². The van der Waals surface area contributed by atoms with Crippen molar-refractivity contribution in [2.45, 2.75) is 4.90 Å². The van der Waals surface area contributed by atoms with Crippen LogP contribution in [0.25, 0.3) is 22.3 Å². The van der Waals surface area contributed by atoms with Crippen molar-refractivity contribution in [1.29, 1.82) is 0 Å². The Labute approximate surface area is 123 Å². The van der Waals surface area contributed by atoms with E-state index < -0.39 is 0 Å². The van der Waals surface area contributed by atoms with E-state index in [2.05, 4.69) is 24.8 Å². The maximum absolute atomic E-state index is 13.9. The van der Waals surface area contributed by atoms with Crippen molar-refractivity contribution in [1.82, 2.24) is 0 Å². The molecule has 3 aromatic rings. The van der Waals surface area contributed by atoms with Gasteiger partial charge in [0.1, 0.15) is 5.82 Å². The molecule has 0 N–H and O–H groups in total. The number of halogens is 1. The first kappa shape index (κ1) is 12.9. The van der Waals surface area contributed by atoms with Gasteiger partial charge in [-0.15, -0.1) is 12.6 Å². The van der Waals surface area contributed by atoms with Gasteiger partial charge in [-0.05, 0) is 28.8 Å². The molecule has 0 aliphatic rings. The third-order valence-electron chi connectivity index (χ3n) is 3.26. The van der Waals surface area contributed by atoms with Crippen molar-refractivity contribution in [3.8, 4) is 22.3 Å². The Balaban J connectivity index is 1.97. The molecule has 0 aromatic heterocycles. The molecule has 0 amide bonds. The van der Waals surface area contributed by atoms with E-state index in [0.29, 0.717) is 10.5 Å². The molecule has 0 saturated carbocycles. The standard InChI is InChI=1S/C18H13FS/c19-18-12-16(20)10-11-17(18)15-8-6-14(7-9-15)13-4-2-1-3-5-13/h1-12,20H. The summed E-state index contributed by atoms with van der Waals surface area (Å²) in [5.41, 5.74) is 3.75. The Morgan fingerprint density at radius 1 is 0.650 bits per heavy atom. The molecule has 0 radical (unpaired) electrons. The third kappa shape index (κ3) is 2.61. The van der Waals surface area contributed by atoms with Crippen LogP contribution in [0.4, 0.5) is 4.39 Å². The first-order chi connectivity index (χ1) is 9.74. The van der Waals surface area contributed by atoms with Crippen molar-refractivity contribution in [3.63, 3.8) is 0 Å². The van der Waals surface area contributed by atoms with Crippen LogP contribution in [0.15, 0.2) is 77.7 Å². The van der Waals surface area contributed by atoms with Gasteiger partial charge in [0.05, 0.1) is 0 Å². The highest BCUT2D eigenvalue weighted by Crippen LogP contribution is 2.27. The minimum atomic E-state index is -0.245. The van der Waals surface area contributed by atoms with E-state index in [-0.39, 0.29) is 5.82 Å². The summed E-state index contributed by atoms with van der Waals surface area (Å²) >= 11 is 4.14. The lowest BCUT2D eigenvalue weighted by Crippen LogP contribution is -1.85. The Kier molecular flexibility index (Phi) is 3.57. The van der Waals surface area contributed by atoms with E-state index >= 15 is 0 Å². The average molecular weight is 280 g/mol. The van der Waals surface area contributed by atoms with Crippen LogP contribution in [-0.2, 0) is 0 Å². The molecule has 0 spiro atoms. The van der Waals surface area contributed by atoms with Gasteiger partial charge < -0.3 is 0 Å². The number of thiol groups is 1. The monoisotopic (exact) mass is 280 g/mol. The molecule has 20 heavy (non-hydrogen) atoms. The fourth-order valence-electron chi connectivity index (χ4n) is 2.21. The SMILES string of the molecule is Fc1cc(S)ccc1-c1ccc(-c2ccccc2)cc1. The molecule has 0 bridgehead atoms. The molecule has 2 heteroatoms. The second-order valence-electron chi connectivity index (χ2n) is 4.61. The Morgan fingerprint density at radius 3 is 1.90 bits per heavy atom. The van der Waals surface area contributed by atoms with Crippen molar-refractivity contribution < 1.29 is 4.39 Å². The quantitative estimate of drug-likeness (QED) is 0.593. The van der Waals surface area contributed by atoms with E-state index in [1.165, 1.54) is 6.07 Å². The summed E-state index contributed by atoms with van der Waals surface area (Å²) in [7, 11) is 0. The van der Waals surface area contributed by atoms with Crippen LogP contribution in [0.3, 0.4) is 0 Å². The summed E-state index contributed by atoms with van der Waals surface area (Å²) in [6.07, 6.45) is 0. The highest BCUT2D eigenvalue weighted by Gasteiger charge is 2.05. The first-order valence-corrected chi connectivity index (χ1v) is 6.83. The third-order valence-corrected chi connectivity index (χ3v) is 3.53. The maximum atomic E-state index is 13.9. The van der Waals surface area contributed by atoms with E-state index in [1.54, 1.807) is 12.1 Å². The lowest BCUT2D eigenvalue weighted by molar-refractivity contribution is 0.628. The van der Waals surface area contributed by atoms with Gasteiger partial charge in [-0.3, -0.25) is 0 Å². The topological polar surface area (TPSA) is 0 Å². The summed E-state index contributed by atoms with van der Waals surface area (Å²) in [6, 6.07) is 23.0. The molecule has 0 unspecified atom stereocenters. The van der Waals surface area contributed by atoms with Crippen molar-refractivity contribution in [2.75, 3.05) is 0 Å². The zero-order valence-electron chi connectivity index (χ0n) is 10.8. The lowest BCUT2D eigenvalue weighted by Gasteiger charge is -2.06. The Hall–Kier alpha value is -2.06. The van der Waals surface area contributed by atoms with Crippen LogP contribution in [0, 0.1) is 5.82 Å². The number of hydrogen-bond donors (Lipinski definition) is 1. The number of hydrogen-bond acceptors (Lipinski definition) is 1. The summed E-state index contributed by atoms with van der Waals surface area (Å²) < 4.78 is 13.9. The lowest BCUT2D eigenvalue weighted by atomic mass is 10.0. The predicted molar refractivity (Wildman–Crippen MR) is 84.5 cm³/mol. The maximum Gasteiger partial charge on any atom is 0.132 e. The van der Waals surface area contributed by atoms with Crippen LogP contribution < -0.4 is 0 Å². The van der Waals surface area contributed by atoms with Gasteiger partial charge in [0.2, 0.25) is 0 Å². The van der Waals surface area contributed by atoms with Gasteiger partial charge in [0.25, 0.3) is 0 Å². The Bertz CT molecular complexity index is 718. The normalized spacial score (nSPS) is 10.5. The molecule has 0 aliphatic carbocycles. The highest BCUT2D eigenvalue weighted by atomic mass is 32.1. The van der Waals surface area contributed by atoms with Crippen molar-refractivity contribution in [3.05, 3.63) is 78.6 Å². The smallest absolute Gasteiger partial charge is 0.132 e. The van der Waals surface area contributed by atoms with Gasteiger partial charge in [0, 0.05) is 10.5 Å². The molecule has 98 valence electrons. The molecule has 0 fully saturated rings. The molecule has 0 nitrogen and oxygen atoms in total. The molecule has 0 atom stereocenters. The van der Waals surface area contributed by atoms with Gasteiger partial charge in [-0.1, -0.05) is 60.7 Å². The molecule has 3 rings (SSSR count). The van der Waals surface area contributed by atoms with Crippen LogP contribution in [0.5, 0.6) is 0 Å². The molecule has 3 aromatic carbocycles. The first-order valence-electron chi connectivity index (χ1n) is 6.38. The molecular formula is C18H13FS. The average Bonchev–Trinajstić information content (AvgIpc) is 2.48. The highest BCUT2D eigenvalue weighted by molar-refractivity contribution is 7.80. The molecule has 0 saturated heterocycles. The van der Waals surface area contributed by atoms with Crippen molar-refractivity contribution in [2.24, 2.45) is 0 Å². The zero-order valence-corrected chi connectivity index (χ0v) is 11.6. The second-order valence-corrected chi connectivity index (χ2v) is 5.12. The number of benzene rings is 3. The fraction of sp³-hybridized carbons (Fsp3) is 0. The molecular weight excluding hydrogens is 267 g/mol. The molecule has 0 heterocycles. The molecule has 0 aliphatic heterocycles. The number of rotatable bonds is 2. The van der Waals surface area contributed by atoms with Crippen LogP contribution in [-0.4, -0.2) is 0 Å². The second kappa shape index (κ2) is 5.51. The minimum absolute atomic E-state index is 0.245. The van der Waals surface area contributed by atoms with Gasteiger partial charge in [-0.2, -0.15) is 0 Å². The Morgan fingerprint density at radius 2 is 1.25 bits per heavy atom. The van der Waals surface area contributed by atoms with Crippen LogP contribution in [0.2, 0.25) is 0 Å². The van der Waals surface area contributed by atoms with Crippen molar-refractivity contribution >= 4 is 12.6 Å². The minimum Gasteiger partial charge on any atom is -0.206 e. The fourth-order valence-corrected chi connectivity index (χ4v) is 2.40. The van der Waals surface area contributed by atoms with Crippen LogP contribution >= 0.6 is 12.6 Å². The summed E-state index contributed by atoms with van der Waals surface area (Å²) in [5.74, 6) is -0.245. The summed E-state index contributed by atoms with van der Waals surface area (Å²) in [6.45, 7) is 0. The van der Waals surface area contributed by atoms with Gasteiger partial charge in [0.15, 0.2) is 0 Å².